The van der Waals surface area contributed by atoms with Gasteiger partial charge in [0.1, 0.15) is 0 Å². The summed E-state index contributed by atoms with van der Waals surface area (Å²) in [5, 5.41) is 7.43. The highest BCUT2D eigenvalue weighted by Gasteiger charge is 2.12. The maximum absolute atomic E-state index is 11.9. The first-order valence-electron chi connectivity index (χ1n) is 7.12. The Morgan fingerprint density at radius 3 is 2.64 bits per heavy atom. The van der Waals surface area contributed by atoms with Gasteiger partial charge >= 0.3 is 0 Å². The quantitative estimate of drug-likeness (QED) is 0.885. The number of halogens is 1. The van der Waals surface area contributed by atoms with Crippen LogP contribution in [0.1, 0.15) is 23.9 Å². The van der Waals surface area contributed by atoms with Crippen LogP contribution in [0.25, 0.3) is 5.69 Å². The van der Waals surface area contributed by atoms with E-state index in [9.17, 15) is 4.79 Å². The topological polar surface area (TPSA) is 72.9 Å². The van der Waals surface area contributed by atoms with Crippen LogP contribution in [0.4, 0.5) is 0 Å². The van der Waals surface area contributed by atoms with Crippen LogP contribution in [0.5, 0.6) is 0 Å². The van der Waals surface area contributed by atoms with E-state index in [1.54, 1.807) is 0 Å². The van der Waals surface area contributed by atoms with Crippen LogP contribution < -0.4 is 11.1 Å². The van der Waals surface area contributed by atoms with Crippen LogP contribution in [-0.4, -0.2) is 22.2 Å². The van der Waals surface area contributed by atoms with Gasteiger partial charge in [-0.05, 0) is 31.5 Å². The molecule has 3 N–H and O–H groups in total. The molecule has 0 fully saturated rings. The van der Waals surface area contributed by atoms with Crippen molar-refractivity contribution < 1.29 is 4.79 Å². The summed E-state index contributed by atoms with van der Waals surface area (Å²) in [7, 11) is 0. The molecule has 6 heteroatoms. The van der Waals surface area contributed by atoms with Gasteiger partial charge in [-0.25, -0.2) is 4.68 Å². The summed E-state index contributed by atoms with van der Waals surface area (Å²) >= 11 is 0. The van der Waals surface area contributed by atoms with Crippen molar-refractivity contribution in [2.45, 2.75) is 27.3 Å². The van der Waals surface area contributed by atoms with E-state index in [-0.39, 0.29) is 24.2 Å². The molecule has 0 aliphatic rings. The minimum absolute atomic E-state index is 0. The molecule has 0 aliphatic heterocycles. The smallest absolute Gasteiger partial charge is 0.224 e. The lowest BCUT2D eigenvalue weighted by molar-refractivity contribution is -0.124. The number of nitrogens with zero attached hydrogens (tertiary/aromatic N) is 2. The fraction of sp³-hybridized carbons (Fsp3) is 0.375. The van der Waals surface area contributed by atoms with Crippen LogP contribution in [0, 0.1) is 19.8 Å². The van der Waals surface area contributed by atoms with Crippen LogP contribution >= 0.6 is 12.4 Å². The maximum Gasteiger partial charge on any atom is 0.224 e. The molecule has 0 saturated heterocycles. The van der Waals surface area contributed by atoms with Crippen molar-refractivity contribution in [1.29, 1.82) is 0 Å². The third-order valence-corrected chi connectivity index (χ3v) is 3.48. The third kappa shape index (κ3) is 4.08. The van der Waals surface area contributed by atoms with Gasteiger partial charge in [0.25, 0.3) is 0 Å². The Kier molecular flexibility index (Phi) is 6.59. The Labute approximate surface area is 137 Å². The predicted molar refractivity (Wildman–Crippen MR) is 90.4 cm³/mol. The van der Waals surface area contributed by atoms with Crippen LogP contribution in [-0.2, 0) is 11.3 Å². The zero-order valence-corrected chi connectivity index (χ0v) is 14.0. The van der Waals surface area contributed by atoms with E-state index in [1.807, 2.05) is 55.8 Å². The molecule has 0 spiro atoms. The van der Waals surface area contributed by atoms with Gasteiger partial charge in [-0.3, -0.25) is 4.79 Å². The number of para-hydroxylation sites is 1. The molecule has 22 heavy (non-hydrogen) atoms. The van der Waals surface area contributed by atoms with E-state index in [0.29, 0.717) is 13.1 Å². The van der Waals surface area contributed by atoms with Gasteiger partial charge in [-0.1, -0.05) is 25.1 Å². The maximum atomic E-state index is 11.9. The summed E-state index contributed by atoms with van der Waals surface area (Å²) in [6.07, 6.45) is 0. The van der Waals surface area contributed by atoms with Crippen molar-refractivity contribution in [3.8, 4) is 5.69 Å². The molecule has 1 aromatic heterocycles. The number of benzene rings is 1. The summed E-state index contributed by atoms with van der Waals surface area (Å²) in [5.41, 5.74) is 9.58. The molecule has 1 aromatic carbocycles. The minimum Gasteiger partial charge on any atom is -0.352 e. The zero-order valence-electron chi connectivity index (χ0n) is 13.2. The Hall–Kier alpha value is -1.85. The van der Waals surface area contributed by atoms with Crippen molar-refractivity contribution in [2.75, 3.05) is 6.54 Å². The molecule has 0 radical (unpaired) electrons. The lowest BCUT2D eigenvalue weighted by Crippen LogP contribution is -2.33. The zero-order chi connectivity index (χ0) is 15.4. The SMILES string of the molecule is Cc1cc(C)n(-c2ccccc2CNC(=O)C(C)CN)n1.Cl. The number of nitrogens with one attached hydrogen (secondary N) is 1. The van der Waals surface area contributed by atoms with Crippen molar-refractivity contribution >= 4 is 18.3 Å². The van der Waals surface area contributed by atoms with Crippen molar-refractivity contribution in [3.05, 3.63) is 47.3 Å². The Morgan fingerprint density at radius 2 is 2.05 bits per heavy atom. The van der Waals surface area contributed by atoms with Crippen molar-refractivity contribution in [2.24, 2.45) is 11.7 Å². The summed E-state index contributed by atoms with van der Waals surface area (Å²) in [6.45, 7) is 6.63. The molecule has 2 rings (SSSR count). The number of hydrogen-bond acceptors (Lipinski definition) is 3. The monoisotopic (exact) mass is 322 g/mol. The number of aryl methyl sites for hydroxylation is 2. The third-order valence-electron chi connectivity index (χ3n) is 3.48. The molecular weight excluding hydrogens is 300 g/mol. The van der Waals surface area contributed by atoms with Gasteiger partial charge in [0.15, 0.2) is 0 Å². The summed E-state index contributed by atoms with van der Waals surface area (Å²) < 4.78 is 1.91. The van der Waals surface area contributed by atoms with Crippen molar-refractivity contribution in [1.82, 2.24) is 15.1 Å². The molecule has 120 valence electrons. The first-order valence-corrected chi connectivity index (χ1v) is 7.12. The number of hydrogen-bond donors (Lipinski definition) is 2. The van der Waals surface area contributed by atoms with E-state index in [2.05, 4.69) is 10.4 Å². The molecule has 1 heterocycles. The summed E-state index contributed by atoms with van der Waals surface area (Å²) in [4.78, 5) is 11.9. The lowest BCUT2D eigenvalue weighted by atomic mass is 10.1. The van der Waals surface area contributed by atoms with Gasteiger partial charge in [0.2, 0.25) is 5.91 Å². The van der Waals surface area contributed by atoms with Gasteiger partial charge in [0, 0.05) is 24.7 Å². The lowest BCUT2D eigenvalue weighted by Gasteiger charge is -2.14. The Bertz CT molecular complexity index is 639. The number of carbonyl (C=O) groups excluding carboxylic acids is 1. The second kappa shape index (κ2) is 7.96. The molecule has 5 nitrogen and oxygen atoms in total. The van der Waals surface area contributed by atoms with E-state index >= 15 is 0 Å². The van der Waals surface area contributed by atoms with E-state index in [1.165, 1.54) is 0 Å². The van der Waals surface area contributed by atoms with E-state index < -0.39 is 0 Å². The largest absolute Gasteiger partial charge is 0.352 e. The minimum atomic E-state index is -0.175. The van der Waals surface area contributed by atoms with E-state index in [0.717, 1.165) is 22.6 Å². The molecular formula is C16H23ClN4O. The second-order valence-electron chi connectivity index (χ2n) is 5.32. The number of aromatic nitrogens is 2. The summed E-state index contributed by atoms with van der Waals surface area (Å²) in [5.74, 6) is -0.202. The number of amides is 1. The average molecular weight is 323 g/mol. The standard InChI is InChI=1S/C16H22N4O.ClH/c1-11(9-17)16(21)18-10-14-6-4-5-7-15(14)20-13(3)8-12(2)19-20;/h4-8,11H,9-10,17H2,1-3H3,(H,18,21);1H. The van der Waals surface area contributed by atoms with Gasteiger partial charge in [0.05, 0.1) is 11.4 Å². The highest BCUT2D eigenvalue weighted by molar-refractivity contribution is 5.85. The van der Waals surface area contributed by atoms with Crippen LogP contribution in [0.3, 0.4) is 0 Å². The fourth-order valence-electron chi connectivity index (χ4n) is 2.20. The molecule has 0 bridgehead atoms. The van der Waals surface area contributed by atoms with E-state index in [4.69, 9.17) is 5.73 Å². The number of carbonyl (C=O) groups is 1. The molecule has 1 unspecified atom stereocenters. The van der Waals surface area contributed by atoms with Crippen LogP contribution in [0.15, 0.2) is 30.3 Å². The molecule has 2 aromatic rings. The fourth-order valence-corrected chi connectivity index (χ4v) is 2.20. The van der Waals surface area contributed by atoms with Gasteiger partial charge in [-0.2, -0.15) is 5.10 Å². The Balaban J connectivity index is 0.00000242. The predicted octanol–water partition coefficient (Wildman–Crippen LogP) is 2.12. The van der Waals surface area contributed by atoms with Crippen molar-refractivity contribution in [3.63, 3.8) is 0 Å². The number of rotatable bonds is 5. The van der Waals surface area contributed by atoms with Crippen LogP contribution in [0.2, 0.25) is 0 Å². The highest BCUT2D eigenvalue weighted by Crippen LogP contribution is 2.17. The van der Waals surface area contributed by atoms with Gasteiger partial charge in [-0.15, -0.1) is 12.4 Å². The second-order valence-corrected chi connectivity index (χ2v) is 5.32. The first kappa shape index (κ1) is 18.2. The molecule has 0 saturated carbocycles. The summed E-state index contributed by atoms with van der Waals surface area (Å²) in [6, 6.07) is 9.97. The molecule has 1 amide bonds. The number of nitrogens with two attached hydrogens (primary N) is 1. The average Bonchev–Trinajstić information content (AvgIpc) is 2.82. The molecule has 1 atom stereocenters. The first-order chi connectivity index (χ1) is 10.0. The normalized spacial score (nSPS) is 11.6. The Morgan fingerprint density at radius 1 is 1.36 bits per heavy atom. The highest BCUT2D eigenvalue weighted by atomic mass is 35.5. The van der Waals surface area contributed by atoms with Gasteiger partial charge < -0.3 is 11.1 Å². The molecule has 0 aliphatic carbocycles.